The van der Waals surface area contributed by atoms with Crippen LogP contribution in [0.3, 0.4) is 0 Å². The molecule has 0 bridgehead atoms. The molecule has 6 rings (SSSR count). The van der Waals surface area contributed by atoms with Crippen LogP contribution in [0.25, 0.3) is 11.0 Å². The van der Waals surface area contributed by atoms with Crippen molar-refractivity contribution in [3.63, 3.8) is 0 Å². The van der Waals surface area contributed by atoms with Crippen LogP contribution in [-0.4, -0.2) is 48.1 Å². The first-order chi connectivity index (χ1) is 19.0. The fourth-order valence-electron chi connectivity index (χ4n) is 6.77. The lowest BCUT2D eigenvalue weighted by molar-refractivity contribution is -0.147. The average Bonchev–Trinajstić information content (AvgIpc) is 3.45. The van der Waals surface area contributed by atoms with Crippen LogP contribution in [0.4, 0.5) is 0 Å². The molecule has 8 nitrogen and oxygen atoms in total. The standard InChI is InChI=1S/C32H37N5O3/c1-19-23(10-12-26-29(19)34-35-36(26)6)28(32(4,5)30(38)39)21-8-7-20-9-11-25(24(20)15-21)37-17-22-13-14-33-16-27(22)40-31(2,3)18-37/h7-8,10,12-16,25,28H,9,11,17-18H2,1-6H3,(H,38,39). The molecule has 0 saturated heterocycles. The van der Waals surface area contributed by atoms with Gasteiger partial charge >= 0.3 is 5.97 Å². The maximum atomic E-state index is 12.7. The Hall–Kier alpha value is -3.78. The Morgan fingerprint density at radius 3 is 2.75 bits per heavy atom. The van der Waals surface area contributed by atoms with Crippen LogP contribution < -0.4 is 4.74 Å². The summed E-state index contributed by atoms with van der Waals surface area (Å²) < 4.78 is 8.13. The number of ether oxygens (including phenoxy) is 1. The number of carbonyl (C=O) groups is 1. The van der Waals surface area contributed by atoms with Crippen LogP contribution in [0.1, 0.15) is 79.5 Å². The van der Waals surface area contributed by atoms with Crippen LogP contribution in [0.5, 0.6) is 5.75 Å². The van der Waals surface area contributed by atoms with E-state index in [1.807, 2.05) is 52.3 Å². The Bertz CT molecular complexity index is 1620. The molecule has 208 valence electrons. The molecule has 0 fully saturated rings. The molecule has 8 heteroatoms. The van der Waals surface area contributed by atoms with Crippen LogP contribution in [-0.2, 0) is 24.8 Å². The molecule has 0 amide bonds. The Labute approximate surface area is 235 Å². The molecule has 1 aliphatic carbocycles. The zero-order valence-corrected chi connectivity index (χ0v) is 24.1. The summed E-state index contributed by atoms with van der Waals surface area (Å²) >= 11 is 0. The molecule has 0 saturated carbocycles. The minimum Gasteiger partial charge on any atom is -0.485 e. The van der Waals surface area contributed by atoms with E-state index in [-0.39, 0.29) is 17.6 Å². The summed E-state index contributed by atoms with van der Waals surface area (Å²) in [4.78, 5) is 19.5. The number of aryl methyl sites for hydroxylation is 3. The van der Waals surface area contributed by atoms with Gasteiger partial charge in [-0.25, -0.2) is 4.68 Å². The van der Waals surface area contributed by atoms with E-state index in [4.69, 9.17) is 4.74 Å². The number of hydrogen-bond acceptors (Lipinski definition) is 6. The first-order valence-corrected chi connectivity index (χ1v) is 14.0. The van der Waals surface area contributed by atoms with Crippen molar-refractivity contribution in [3.05, 3.63) is 82.2 Å². The number of aromatic nitrogens is 4. The van der Waals surface area contributed by atoms with Crippen LogP contribution >= 0.6 is 0 Å². The Morgan fingerprint density at radius 2 is 1.98 bits per heavy atom. The van der Waals surface area contributed by atoms with Crippen LogP contribution in [0.15, 0.2) is 48.8 Å². The van der Waals surface area contributed by atoms with Gasteiger partial charge in [-0.2, -0.15) is 0 Å². The van der Waals surface area contributed by atoms with Gasteiger partial charge < -0.3 is 9.84 Å². The van der Waals surface area contributed by atoms with Crippen LogP contribution in [0.2, 0.25) is 0 Å². The fraction of sp³-hybridized carbons (Fsp3) is 0.438. The van der Waals surface area contributed by atoms with E-state index in [9.17, 15) is 9.90 Å². The summed E-state index contributed by atoms with van der Waals surface area (Å²) in [7, 11) is 1.87. The van der Waals surface area contributed by atoms with Crippen molar-refractivity contribution in [2.24, 2.45) is 12.5 Å². The van der Waals surface area contributed by atoms with Crippen molar-refractivity contribution in [1.82, 2.24) is 24.9 Å². The van der Waals surface area contributed by atoms with Crippen molar-refractivity contribution >= 4 is 17.0 Å². The number of benzene rings is 2. The zero-order chi connectivity index (χ0) is 28.4. The highest BCUT2D eigenvalue weighted by atomic mass is 16.5. The van der Waals surface area contributed by atoms with Gasteiger partial charge in [0.25, 0.3) is 0 Å². The third-order valence-electron chi connectivity index (χ3n) is 8.87. The smallest absolute Gasteiger partial charge is 0.310 e. The third-order valence-corrected chi connectivity index (χ3v) is 8.87. The molecule has 40 heavy (non-hydrogen) atoms. The lowest BCUT2D eigenvalue weighted by Crippen LogP contribution is -2.41. The van der Waals surface area contributed by atoms with Crippen molar-refractivity contribution in [2.75, 3.05) is 6.54 Å². The highest BCUT2D eigenvalue weighted by molar-refractivity contribution is 5.81. The Kier molecular flexibility index (Phi) is 6.22. The van der Waals surface area contributed by atoms with Crippen molar-refractivity contribution in [2.45, 2.75) is 71.6 Å². The number of aliphatic carboxylic acids is 1. The lowest BCUT2D eigenvalue weighted by atomic mass is 9.69. The normalized spacial score (nSPS) is 19.5. The second kappa shape index (κ2) is 9.41. The first-order valence-electron chi connectivity index (χ1n) is 14.0. The second-order valence-corrected chi connectivity index (χ2v) is 12.6. The van der Waals surface area contributed by atoms with Gasteiger partial charge in [-0.05, 0) is 87.4 Å². The van der Waals surface area contributed by atoms with Crippen LogP contribution in [0, 0.1) is 12.3 Å². The summed E-state index contributed by atoms with van der Waals surface area (Å²) in [5, 5.41) is 19.0. The lowest BCUT2D eigenvalue weighted by Gasteiger charge is -2.35. The zero-order valence-electron chi connectivity index (χ0n) is 24.1. The molecule has 0 spiro atoms. The predicted octanol–water partition coefficient (Wildman–Crippen LogP) is 5.57. The summed E-state index contributed by atoms with van der Waals surface area (Å²) in [5.74, 6) is -0.344. The summed E-state index contributed by atoms with van der Waals surface area (Å²) in [6.07, 6.45) is 5.66. The second-order valence-electron chi connectivity index (χ2n) is 12.6. The van der Waals surface area contributed by atoms with Crippen molar-refractivity contribution in [1.29, 1.82) is 0 Å². The average molecular weight is 540 g/mol. The van der Waals surface area contributed by atoms with Gasteiger partial charge in [0.2, 0.25) is 0 Å². The minimum absolute atomic E-state index is 0.217. The molecular weight excluding hydrogens is 502 g/mol. The van der Waals surface area contributed by atoms with E-state index >= 15 is 0 Å². The van der Waals surface area contributed by atoms with Gasteiger partial charge in [0.15, 0.2) is 0 Å². The fourth-order valence-corrected chi connectivity index (χ4v) is 6.77. The number of fused-ring (bicyclic) bond motifs is 3. The largest absolute Gasteiger partial charge is 0.485 e. The topological polar surface area (TPSA) is 93.4 Å². The number of hydrogen-bond donors (Lipinski definition) is 1. The Morgan fingerprint density at radius 1 is 1.18 bits per heavy atom. The first kappa shape index (κ1) is 26.4. The number of nitrogens with zero attached hydrogens (tertiary/aromatic N) is 5. The van der Waals surface area contributed by atoms with Gasteiger partial charge in [-0.3, -0.25) is 14.7 Å². The molecule has 0 radical (unpaired) electrons. The van der Waals surface area contributed by atoms with E-state index in [1.165, 1.54) is 11.1 Å². The van der Waals surface area contributed by atoms with Gasteiger partial charge in [-0.1, -0.05) is 29.5 Å². The number of carboxylic acids is 1. The van der Waals surface area contributed by atoms with Gasteiger partial charge in [0, 0.05) is 43.9 Å². The maximum absolute atomic E-state index is 12.7. The highest BCUT2D eigenvalue weighted by Gasteiger charge is 2.42. The van der Waals surface area contributed by atoms with E-state index in [2.05, 4.69) is 58.3 Å². The molecule has 4 aromatic rings. The number of rotatable bonds is 5. The summed E-state index contributed by atoms with van der Waals surface area (Å²) in [6.45, 7) is 11.5. The molecule has 1 aliphatic heterocycles. The minimum atomic E-state index is -1.05. The summed E-state index contributed by atoms with van der Waals surface area (Å²) in [5.41, 5.74) is 7.05. The predicted molar refractivity (Wildman–Crippen MR) is 153 cm³/mol. The monoisotopic (exact) mass is 539 g/mol. The Balaban J connectivity index is 1.45. The van der Waals surface area contributed by atoms with E-state index in [0.29, 0.717) is 0 Å². The molecule has 2 unspecified atom stereocenters. The molecule has 2 aromatic heterocycles. The molecule has 2 aromatic carbocycles. The molecule has 2 atom stereocenters. The highest BCUT2D eigenvalue weighted by Crippen LogP contribution is 2.47. The maximum Gasteiger partial charge on any atom is 0.310 e. The molecule has 2 aliphatic rings. The van der Waals surface area contributed by atoms with Crippen molar-refractivity contribution in [3.8, 4) is 5.75 Å². The van der Waals surface area contributed by atoms with E-state index < -0.39 is 11.4 Å². The van der Waals surface area contributed by atoms with E-state index in [0.717, 1.165) is 65.0 Å². The van der Waals surface area contributed by atoms with E-state index in [1.54, 1.807) is 4.68 Å². The summed E-state index contributed by atoms with van der Waals surface area (Å²) in [6, 6.07) is 12.9. The number of carboxylic acid groups (broad SMARTS) is 1. The quantitative estimate of drug-likeness (QED) is 0.354. The molecule has 1 N–H and O–H groups in total. The van der Waals surface area contributed by atoms with Gasteiger partial charge in [0.1, 0.15) is 16.9 Å². The number of pyridine rings is 1. The van der Waals surface area contributed by atoms with Gasteiger partial charge in [0.05, 0.1) is 17.1 Å². The van der Waals surface area contributed by atoms with Gasteiger partial charge in [-0.15, -0.1) is 5.10 Å². The van der Waals surface area contributed by atoms with Crippen molar-refractivity contribution < 1.29 is 14.6 Å². The third kappa shape index (κ3) is 4.35. The molecular formula is C32H37N5O3. The molecule has 3 heterocycles. The SMILES string of the molecule is Cc1c(C(c2ccc3c(c2)C(N2Cc4ccncc4OC(C)(C)C2)CC3)C(C)(C)C(=O)O)ccc2c1nnn2C.